The van der Waals surface area contributed by atoms with Crippen molar-refractivity contribution in [2.45, 2.75) is 45.4 Å². The Hall–Kier alpha value is -3.27. The van der Waals surface area contributed by atoms with Gasteiger partial charge in [-0.25, -0.2) is 9.78 Å². The van der Waals surface area contributed by atoms with E-state index in [2.05, 4.69) is 4.98 Å². The summed E-state index contributed by atoms with van der Waals surface area (Å²) in [5.41, 5.74) is 8.61. The van der Waals surface area contributed by atoms with Gasteiger partial charge >= 0.3 is 5.97 Å². The number of aryl methyl sites for hydroxylation is 1. The lowest BCUT2D eigenvalue weighted by Gasteiger charge is -2.21. The van der Waals surface area contributed by atoms with Crippen molar-refractivity contribution in [2.75, 3.05) is 14.2 Å². The SMILES string of the molecule is COc1cc(OC)c(C(N)C(=O)c2nc(-c3ccccc3)sc2C)cc1CC(OC(C)C)C(=O)O. The fourth-order valence-corrected chi connectivity index (χ4v) is 4.66. The van der Waals surface area contributed by atoms with E-state index in [-0.39, 0.29) is 18.3 Å². The summed E-state index contributed by atoms with van der Waals surface area (Å²) in [5, 5.41) is 10.3. The predicted molar refractivity (Wildman–Crippen MR) is 134 cm³/mol. The van der Waals surface area contributed by atoms with Crippen LogP contribution in [0, 0.1) is 6.92 Å². The van der Waals surface area contributed by atoms with Gasteiger partial charge in [0.2, 0.25) is 5.78 Å². The molecule has 0 amide bonds. The van der Waals surface area contributed by atoms with Crippen LogP contribution in [0.15, 0.2) is 42.5 Å². The third kappa shape index (κ3) is 6.05. The number of carbonyl (C=O) groups excluding carboxylic acids is 1. The van der Waals surface area contributed by atoms with Crippen molar-refractivity contribution in [3.05, 3.63) is 64.2 Å². The number of nitrogens with zero attached hydrogens (tertiary/aromatic N) is 1. The highest BCUT2D eigenvalue weighted by atomic mass is 32.1. The molecule has 0 aliphatic rings. The van der Waals surface area contributed by atoms with Crippen molar-refractivity contribution in [2.24, 2.45) is 5.73 Å². The molecule has 3 rings (SSSR count). The number of methoxy groups -OCH3 is 2. The Morgan fingerprint density at radius 2 is 1.74 bits per heavy atom. The minimum Gasteiger partial charge on any atom is -0.496 e. The van der Waals surface area contributed by atoms with Crippen LogP contribution in [0.25, 0.3) is 10.6 Å². The number of hydrogen-bond donors (Lipinski definition) is 2. The third-order valence-electron chi connectivity index (χ3n) is 5.42. The average molecular weight is 499 g/mol. The van der Waals surface area contributed by atoms with E-state index in [9.17, 15) is 14.7 Å². The quantitative estimate of drug-likeness (QED) is 0.372. The van der Waals surface area contributed by atoms with E-state index in [1.54, 1.807) is 26.0 Å². The normalized spacial score (nSPS) is 12.9. The lowest BCUT2D eigenvalue weighted by atomic mass is 9.95. The second-order valence-electron chi connectivity index (χ2n) is 8.25. The molecule has 2 aromatic carbocycles. The number of carboxylic acids is 1. The van der Waals surface area contributed by atoms with E-state index in [4.69, 9.17) is 19.9 Å². The summed E-state index contributed by atoms with van der Waals surface area (Å²) in [4.78, 5) is 30.5. The average Bonchev–Trinajstić information content (AvgIpc) is 3.24. The smallest absolute Gasteiger partial charge is 0.333 e. The van der Waals surface area contributed by atoms with Crippen molar-refractivity contribution >= 4 is 23.1 Å². The summed E-state index contributed by atoms with van der Waals surface area (Å²) < 4.78 is 16.5. The van der Waals surface area contributed by atoms with Crippen molar-refractivity contribution in [1.82, 2.24) is 4.98 Å². The molecule has 9 heteroatoms. The van der Waals surface area contributed by atoms with Gasteiger partial charge in [-0.15, -0.1) is 11.3 Å². The highest BCUT2D eigenvalue weighted by molar-refractivity contribution is 7.15. The van der Waals surface area contributed by atoms with Gasteiger partial charge in [0.15, 0.2) is 6.10 Å². The van der Waals surface area contributed by atoms with Gasteiger partial charge in [-0.1, -0.05) is 30.3 Å². The molecular formula is C26H30N2O6S. The first-order valence-electron chi connectivity index (χ1n) is 11.1. The third-order valence-corrected chi connectivity index (χ3v) is 6.44. The molecule has 186 valence electrons. The van der Waals surface area contributed by atoms with Gasteiger partial charge in [0, 0.05) is 28.5 Å². The number of ketones is 1. The summed E-state index contributed by atoms with van der Waals surface area (Å²) >= 11 is 1.42. The molecule has 0 aliphatic carbocycles. The van der Waals surface area contributed by atoms with Crippen LogP contribution in [-0.2, 0) is 16.0 Å². The van der Waals surface area contributed by atoms with Crippen LogP contribution in [0.5, 0.6) is 11.5 Å². The number of hydrogen-bond acceptors (Lipinski definition) is 8. The standard InChI is InChI=1S/C26H30N2O6S/c1-14(2)34-21(26(30)31)12-17-11-18(20(33-5)13-19(17)32-4)22(27)24(29)23-15(3)35-25(28-23)16-9-7-6-8-10-16/h6-11,13-14,21-22H,12,27H2,1-5H3,(H,30,31). The first-order chi connectivity index (χ1) is 16.7. The van der Waals surface area contributed by atoms with Gasteiger partial charge in [-0.2, -0.15) is 0 Å². The van der Waals surface area contributed by atoms with E-state index < -0.39 is 18.1 Å². The van der Waals surface area contributed by atoms with Gasteiger partial charge < -0.3 is 25.1 Å². The maximum atomic E-state index is 13.4. The minimum atomic E-state index is -1.09. The van der Waals surface area contributed by atoms with Gasteiger partial charge in [0.25, 0.3) is 0 Å². The number of ether oxygens (including phenoxy) is 3. The zero-order chi connectivity index (χ0) is 25.7. The van der Waals surface area contributed by atoms with Gasteiger partial charge in [0.05, 0.1) is 26.4 Å². The number of carboxylic acid groups (broad SMARTS) is 1. The Morgan fingerprint density at radius 3 is 2.31 bits per heavy atom. The maximum Gasteiger partial charge on any atom is 0.333 e. The number of thiazole rings is 1. The molecule has 3 aromatic rings. The van der Waals surface area contributed by atoms with E-state index >= 15 is 0 Å². The van der Waals surface area contributed by atoms with Crippen molar-refractivity contribution in [1.29, 1.82) is 0 Å². The highest BCUT2D eigenvalue weighted by Gasteiger charge is 2.29. The molecule has 0 fully saturated rings. The lowest BCUT2D eigenvalue weighted by Crippen LogP contribution is -2.29. The van der Waals surface area contributed by atoms with E-state index in [1.807, 2.05) is 37.3 Å². The number of benzene rings is 2. The topological polar surface area (TPSA) is 121 Å². The summed E-state index contributed by atoms with van der Waals surface area (Å²) in [7, 11) is 2.95. The summed E-state index contributed by atoms with van der Waals surface area (Å²) in [6, 6.07) is 11.8. The molecule has 2 atom stereocenters. The first kappa shape index (κ1) is 26.3. The van der Waals surface area contributed by atoms with Gasteiger partial charge in [-0.3, -0.25) is 4.79 Å². The number of carbonyl (C=O) groups is 2. The van der Waals surface area contributed by atoms with Crippen molar-refractivity contribution in [3.63, 3.8) is 0 Å². The molecule has 0 radical (unpaired) electrons. The Morgan fingerprint density at radius 1 is 1.09 bits per heavy atom. The fraction of sp³-hybridized carbons (Fsp3) is 0.346. The van der Waals surface area contributed by atoms with Crippen LogP contribution in [0.3, 0.4) is 0 Å². The lowest BCUT2D eigenvalue weighted by molar-refractivity contribution is -0.153. The van der Waals surface area contributed by atoms with Crippen LogP contribution in [0.1, 0.15) is 46.4 Å². The van der Waals surface area contributed by atoms with Crippen LogP contribution in [0.4, 0.5) is 0 Å². The summed E-state index contributed by atoms with van der Waals surface area (Å²) in [5.74, 6) is -0.673. The van der Waals surface area contributed by atoms with Crippen molar-refractivity contribution < 1.29 is 28.9 Å². The zero-order valence-corrected chi connectivity index (χ0v) is 21.2. The molecule has 1 heterocycles. The molecular weight excluding hydrogens is 468 g/mol. The van der Waals surface area contributed by atoms with Crippen LogP contribution in [-0.4, -0.2) is 48.3 Å². The fourth-order valence-electron chi connectivity index (χ4n) is 3.73. The Bertz CT molecular complexity index is 1190. The molecule has 8 nitrogen and oxygen atoms in total. The molecule has 0 saturated heterocycles. The molecule has 2 unspecified atom stereocenters. The predicted octanol–water partition coefficient (Wildman–Crippen LogP) is 4.44. The Balaban J connectivity index is 1.99. The number of rotatable bonds is 11. The number of aromatic nitrogens is 1. The van der Waals surface area contributed by atoms with E-state index in [1.165, 1.54) is 25.6 Å². The van der Waals surface area contributed by atoms with Crippen LogP contribution >= 0.6 is 11.3 Å². The van der Waals surface area contributed by atoms with Gasteiger partial charge in [-0.05, 0) is 32.4 Å². The molecule has 0 spiro atoms. The molecule has 0 saturated carbocycles. The second-order valence-corrected chi connectivity index (χ2v) is 9.46. The van der Waals surface area contributed by atoms with Crippen LogP contribution < -0.4 is 15.2 Å². The first-order valence-corrected chi connectivity index (χ1v) is 11.9. The van der Waals surface area contributed by atoms with E-state index in [0.717, 1.165) is 15.4 Å². The van der Waals surface area contributed by atoms with Crippen LogP contribution in [0.2, 0.25) is 0 Å². The molecule has 35 heavy (non-hydrogen) atoms. The maximum absolute atomic E-state index is 13.4. The largest absolute Gasteiger partial charge is 0.496 e. The Labute approximate surface area is 208 Å². The Kier molecular flexibility index (Phi) is 8.61. The van der Waals surface area contributed by atoms with Crippen molar-refractivity contribution in [3.8, 4) is 22.1 Å². The summed E-state index contributed by atoms with van der Waals surface area (Å²) in [6.07, 6.45) is -1.34. The zero-order valence-electron chi connectivity index (χ0n) is 20.4. The number of Topliss-reactive ketones (excluding diaryl/α,β-unsaturated/α-hetero) is 1. The number of nitrogens with two attached hydrogens (primary N) is 1. The molecule has 0 bridgehead atoms. The molecule has 1 aromatic heterocycles. The number of aliphatic carboxylic acids is 1. The second kappa shape index (κ2) is 11.4. The van der Waals surface area contributed by atoms with E-state index in [0.29, 0.717) is 28.3 Å². The minimum absolute atomic E-state index is 0.0302. The molecule has 0 aliphatic heterocycles. The van der Waals surface area contributed by atoms with Gasteiger partial charge in [0.1, 0.15) is 22.2 Å². The summed E-state index contributed by atoms with van der Waals surface area (Å²) in [6.45, 7) is 5.36. The highest BCUT2D eigenvalue weighted by Crippen LogP contribution is 2.36. The monoisotopic (exact) mass is 498 g/mol. The molecule has 3 N–H and O–H groups in total.